The zero-order valence-corrected chi connectivity index (χ0v) is 15.9. The number of nitrogens with zero attached hydrogens (tertiary/aromatic N) is 2. The Morgan fingerprint density at radius 2 is 1.63 bits per heavy atom. The van der Waals surface area contributed by atoms with Crippen LogP contribution in [0.4, 0.5) is 0 Å². The minimum atomic E-state index is -1.30. The van der Waals surface area contributed by atoms with Gasteiger partial charge in [0, 0.05) is 35.8 Å². The highest BCUT2D eigenvalue weighted by Crippen LogP contribution is 2.21. The second-order valence-corrected chi connectivity index (χ2v) is 7.05. The number of piperazine rings is 1. The zero-order chi connectivity index (χ0) is 21.3. The van der Waals surface area contributed by atoms with Crippen molar-refractivity contribution < 1.29 is 24.3 Å². The van der Waals surface area contributed by atoms with Crippen molar-refractivity contribution in [1.82, 2.24) is 14.8 Å². The van der Waals surface area contributed by atoms with E-state index in [0.29, 0.717) is 16.5 Å². The third kappa shape index (κ3) is 3.43. The summed E-state index contributed by atoms with van der Waals surface area (Å²) in [6.07, 6.45) is 1.45. The summed E-state index contributed by atoms with van der Waals surface area (Å²) >= 11 is 0. The van der Waals surface area contributed by atoms with E-state index in [0.717, 1.165) is 4.90 Å². The summed E-state index contributed by atoms with van der Waals surface area (Å²) < 4.78 is 0. The highest BCUT2D eigenvalue weighted by molar-refractivity contribution is 6.45. The molecule has 1 aromatic heterocycles. The number of carbonyl (C=O) groups is 4. The Morgan fingerprint density at radius 1 is 0.933 bits per heavy atom. The van der Waals surface area contributed by atoms with Crippen molar-refractivity contribution in [1.29, 1.82) is 0 Å². The lowest BCUT2D eigenvalue weighted by Crippen LogP contribution is -2.60. The van der Waals surface area contributed by atoms with Gasteiger partial charge in [-0.2, -0.15) is 0 Å². The second kappa shape index (κ2) is 7.82. The number of amides is 2. The van der Waals surface area contributed by atoms with Gasteiger partial charge in [0.1, 0.15) is 6.04 Å². The van der Waals surface area contributed by atoms with Crippen molar-refractivity contribution >= 4 is 34.5 Å². The van der Waals surface area contributed by atoms with Crippen LogP contribution in [0.5, 0.6) is 0 Å². The maximum atomic E-state index is 12.9. The van der Waals surface area contributed by atoms with Crippen LogP contribution in [0.1, 0.15) is 20.7 Å². The van der Waals surface area contributed by atoms with Crippen LogP contribution in [0.2, 0.25) is 0 Å². The topological polar surface area (TPSA) is 111 Å². The third-order valence-electron chi connectivity index (χ3n) is 5.26. The summed E-state index contributed by atoms with van der Waals surface area (Å²) in [7, 11) is 0. The Labute approximate surface area is 171 Å². The molecule has 0 bridgehead atoms. The third-order valence-corrected chi connectivity index (χ3v) is 5.26. The minimum absolute atomic E-state index is 0.0392. The van der Waals surface area contributed by atoms with Crippen LogP contribution < -0.4 is 0 Å². The van der Waals surface area contributed by atoms with Gasteiger partial charge in [-0.1, -0.05) is 36.4 Å². The molecule has 1 unspecified atom stereocenters. The van der Waals surface area contributed by atoms with E-state index in [1.165, 1.54) is 11.1 Å². The van der Waals surface area contributed by atoms with Gasteiger partial charge in [-0.15, -0.1) is 0 Å². The number of carboxylic acid groups (broad SMARTS) is 1. The molecule has 4 rings (SSSR count). The number of ketones is 1. The lowest BCUT2D eigenvalue weighted by atomic mass is 10.1. The number of fused-ring (bicyclic) bond motifs is 1. The molecule has 2 heterocycles. The highest BCUT2D eigenvalue weighted by Gasteiger charge is 2.39. The summed E-state index contributed by atoms with van der Waals surface area (Å²) in [6, 6.07) is 14.3. The number of H-pyrrole nitrogens is 1. The molecule has 8 heteroatoms. The van der Waals surface area contributed by atoms with Gasteiger partial charge in [0.05, 0.1) is 12.1 Å². The molecule has 1 aliphatic heterocycles. The molecule has 1 aliphatic rings. The fourth-order valence-corrected chi connectivity index (χ4v) is 3.69. The first-order chi connectivity index (χ1) is 14.5. The number of hydrogen-bond donors (Lipinski definition) is 2. The molecule has 1 atom stereocenters. The molecule has 0 saturated carbocycles. The molecule has 2 amide bonds. The normalized spacial score (nSPS) is 16.5. The molecule has 2 N–H and O–H groups in total. The van der Waals surface area contributed by atoms with E-state index in [2.05, 4.69) is 4.98 Å². The van der Waals surface area contributed by atoms with Crippen molar-refractivity contribution in [2.45, 2.75) is 6.04 Å². The SMILES string of the molecule is O=C(C(=O)N1CCN(C(=O)c2ccccc2)CC1C(=O)O)c1c[nH]c2ccccc12. The van der Waals surface area contributed by atoms with Gasteiger partial charge in [0.2, 0.25) is 0 Å². The van der Waals surface area contributed by atoms with Crippen LogP contribution >= 0.6 is 0 Å². The van der Waals surface area contributed by atoms with Gasteiger partial charge in [-0.25, -0.2) is 4.79 Å². The van der Waals surface area contributed by atoms with E-state index in [1.54, 1.807) is 54.6 Å². The summed E-state index contributed by atoms with van der Waals surface area (Å²) in [5.41, 5.74) is 1.35. The van der Waals surface area contributed by atoms with Gasteiger partial charge in [0.25, 0.3) is 17.6 Å². The summed E-state index contributed by atoms with van der Waals surface area (Å²) in [4.78, 5) is 55.6. The lowest BCUT2D eigenvalue weighted by molar-refractivity contribution is -0.151. The fourth-order valence-electron chi connectivity index (χ4n) is 3.69. The van der Waals surface area contributed by atoms with Crippen molar-refractivity contribution in [3.63, 3.8) is 0 Å². The molecular weight excluding hydrogens is 386 g/mol. The van der Waals surface area contributed by atoms with Gasteiger partial charge in [-0.05, 0) is 18.2 Å². The Balaban J connectivity index is 1.55. The largest absolute Gasteiger partial charge is 0.480 e. The predicted octanol–water partition coefficient (Wildman–Crippen LogP) is 1.79. The molecule has 1 fully saturated rings. The molecule has 0 spiro atoms. The van der Waals surface area contributed by atoms with Gasteiger partial charge in [0.15, 0.2) is 0 Å². The maximum absolute atomic E-state index is 12.9. The van der Waals surface area contributed by atoms with E-state index < -0.39 is 23.7 Å². The molecule has 30 heavy (non-hydrogen) atoms. The number of hydrogen-bond acceptors (Lipinski definition) is 4. The fraction of sp³-hybridized carbons (Fsp3) is 0.182. The zero-order valence-electron chi connectivity index (χ0n) is 15.9. The molecule has 1 saturated heterocycles. The van der Waals surface area contributed by atoms with E-state index in [9.17, 15) is 24.3 Å². The van der Waals surface area contributed by atoms with Crippen LogP contribution in [-0.2, 0) is 9.59 Å². The number of aliphatic carboxylic acids is 1. The van der Waals surface area contributed by atoms with Gasteiger partial charge >= 0.3 is 5.97 Å². The minimum Gasteiger partial charge on any atom is -0.480 e. The van der Waals surface area contributed by atoms with Crippen molar-refractivity contribution in [3.8, 4) is 0 Å². The van der Waals surface area contributed by atoms with Crippen molar-refractivity contribution in [3.05, 3.63) is 71.9 Å². The second-order valence-electron chi connectivity index (χ2n) is 7.05. The first-order valence-corrected chi connectivity index (χ1v) is 9.46. The van der Waals surface area contributed by atoms with E-state index in [1.807, 2.05) is 0 Å². The molecule has 0 radical (unpaired) electrons. The quantitative estimate of drug-likeness (QED) is 0.508. The van der Waals surface area contributed by atoms with Crippen LogP contribution in [0.15, 0.2) is 60.8 Å². The Morgan fingerprint density at radius 3 is 2.37 bits per heavy atom. The lowest BCUT2D eigenvalue weighted by Gasteiger charge is -2.39. The average molecular weight is 405 g/mol. The smallest absolute Gasteiger partial charge is 0.328 e. The summed E-state index contributed by atoms with van der Waals surface area (Å²) in [6.45, 7) is -0.0805. The summed E-state index contributed by atoms with van der Waals surface area (Å²) in [5.74, 6) is -3.24. The number of aromatic nitrogens is 1. The number of carboxylic acids is 1. The van der Waals surface area contributed by atoms with Crippen LogP contribution in [-0.4, -0.2) is 69.1 Å². The van der Waals surface area contributed by atoms with E-state index >= 15 is 0 Å². The molecule has 0 aliphatic carbocycles. The van der Waals surface area contributed by atoms with Crippen LogP contribution in [0.25, 0.3) is 10.9 Å². The molecule has 152 valence electrons. The Kier molecular flexibility index (Phi) is 5.05. The number of Topliss-reactive ketones (excluding diaryl/α,β-unsaturated/α-hetero) is 1. The molecular formula is C22H19N3O5. The first-order valence-electron chi connectivity index (χ1n) is 9.46. The Bertz CT molecular complexity index is 1140. The van der Waals surface area contributed by atoms with Crippen LogP contribution in [0, 0.1) is 0 Å². The summed E-state index contributed by atoms with van der Waals surface area (Å²) in [5, 5.41) is 10.3. The number of aromatic amines is 1. The molecule has 2 aromatic carbocycles. The number of benzene rings is 2. The Hall–Kier alpha value is -3.94. The van der Waals surface area contributed by atoms with Gasteiger partial charge in [-0.3, -0.25) is 14.4 Å². The number of para-hydroxylation sites is 1. The van der Waals surface area contributed by atoms with E-state index in [4.69, 9.17) is 0 Å². The van der Waals surface area contributed by atoms with E-state index in [-0.39, 0.29) is 31.1 Å². The van der Waals surface area contributed by atoms with Crippen molar-refractivity contribution in [2.24, 2.45) is 0 Å². The highest BCUT2D eigenvalue weighted by atomic mass is 16.4. The van der Waals surface area contributed by atoms with Gasteiger partial charge < -0.3 is 19.9 Å². The standard InChI is InChI=1S/C22H19N3O5/c26-19(16-12-23-17-9-5-4-8-15(16)17)21(28)25-11-10-24(13-18(25)22(29)30)20(27)14-6-2-1-3-7-14/h1-9,12,18,23H,10-11,13H2,(H,29,30). The van der Waals surface area contributed by atoms with Crippen molar-refractivity contribution in [2.75, 3.05) is 19.6 Å². The maximum Gasteiger partial charge on any atom is 0.328 e. The first kappa shape index (κ1) is 19.4. The van der Waals surface area contributed by atoms with Crippen LogP contribution in [0.3, 0.4) is 0 Å². The molecule has 3 aromatic rings. The monoisotopic (exact) mass is 405 g/mol. The predicted molar refractivity (Wildman–Crippen MR) is 108 cm³/mol. The molecule has 8 nitrogen and oxygen atoms in total. The number of carbonyl (C=O) groups excluding carboxylic acids is 3. The average Bonchev–Trinajstić information content (AvgIpc) is 3.22. The number of rotatable bonds is 4. The number of nitrogens with one attached hydrogen (secondary N) is 1.